The second-order valence-corrected chi connectivity index (χ2v) is 6.30. The Kier molecular flexibility index (Phi) is 4.67. The van der Waals surface area contributed by atoms with Crippen LogP contribution in [0.15, 0.2) is 48.5 Å². The fourth-order valence-corrected chi connectivity index (χ4v) is 3.13. The third-order valence-electron chi connectivity index (χ3n) is 4.51. The van der Waals surface area contributed by atoms with Crippen molar-refractivity contribution < 1.29 is 38.1 Å². The molecule has 1 heterocycles. The number of amides is 2. The summed E-state index contributed by atoms with van der Waals surface area (Å²) < 4.78 is 41.2. The van der Waals surface area contributed by atoms with E-state index in [1.807, 2.05) is 0 Å². The third-order valence-corrected chi connectivity index (χ3v) is 4.51. The van der Waals surface area contributed by atoms with E-state index in [4.69, 9.17) is 0 Å². The van der Waals surface area contributed by atoms with E-state index in [0.717, 1.165) is 18.2 Å². The monoisotopic (exact) mass is 396 g/mol. The maximum atomic E-state index is 13.7. The van der Waals surface area contributed by atoms with Crippen molar-refractivity contribution >= 4 is 11.8 Å². The molecule has 10 heteroatoms. The average Bonchev–Trinajstić information content (AvgIpc) is 2.63. The molecule has 0 saturated carbocycles. The van der Waals surface area contributed by atoms with Crippen LogP contribution in [0.2, 0.25) is 0 Å². The van der Waals surface area contributed by atoms with Gasteiger partial charge in [-0.05, 0) is 17.7 Å². The van der Waals surface area contributed by atoms with Crippen LogP contribution in [-0.4, -0.2) is 39.0 Å². The second kappa shape index (κ2) is 6.71. The Bertz CT molecular complexity index is 919. The number of carbonyl (C=O) groups is 2. The van der Waals surface area contributed by atoms with Gasteiger partial charge in [-0.2, -0.15) is 13.2 Å². The minimum Gasteiger partial charge on any atom is -0.504 e. The van der Waals surface area contributed by atoms with Crippen molar-refractivity contribution in [2.24, 2.45) is 5.92 Å². The van der Waals surface area contributed by atoms with Gasteiger partial charge < -0.3 is 26.0 Å². The average molecular weight is 396 g/mol. The molecule has 2 amide bonds. The zero-order valence-corrected chi connectivity index (χ0v) is 14.1. The number of aliphatic hydroxyl groups is 1. The number of halogens is 3. The Hall–Kier alpha value is -3.27. The van der Waals surface area contributed by atoms with Gasteiger partial charge in [-0.25, -0.2) is 4.79 Å². The lowest BCUT2D eigenvalue weighted by atomic mass is 9.77. The summed E-state index contributed by atoms with van der Waals surface area (Å²) in [5, 5.41) is 33.1. The van der Waals surface area contributed by atoms with Crippen molar-refractivity contribution in [2.75, 3.05) is 0 Å². The van der Waals surface area contributed by atoms with Gasteiger partial charge >= 0.3 is 12.2 Å². The largest absolute Gasteiger partial charge is 0.504 e. The van der Waals surface area contributed by atoms with Crippen LogP contribution < -0.4 is 10.6 Å². The lowest BCUT2D eigenvalue weighted by Gasteiger charge is -2.45. The standard InChI is InChI=1S/C18H15F3N2O5/c19-18(20,21)17(28)13(15(26)9-4-2-1-3-5-9)14(22-16(27)23-17)10-6-7-11(24)12(25)8-10/h1-8,13-14,24-25,28H,(H2,22,23,27). The highest BCUT2D eigenvalue weighted by Gasteiger charge is 2.66. The number of hydrogen-bond donors (Lipinski definition) is 5. The van der Waals surface area contributed by atoms with Crippen LogP contribution in [0.3, 0.4) is 0 Å². The van der Waals surface area contributed by atoms with E-state index in [-0.39, 0.29) is 11.1 Å². The van der Waals surface area contributed by atoms with Crippen LogP contribution in [-0.2, 0) is 0 Å². The fraction of sp³-hybridized carbons (Fsp3) is 0.222. The number of urea groups is 1. The molecular formula is C18H15F3N2O5. The number of nitrogens with one attached hydrogen (secondary N) is 2. The molecule has 0 bridgehead atoms. The summed E-state index contributed by atoms with van der Waals surface area (Å²) in [6, 6.07) is 7.04. The van der Waals surface area contributed by atoms with E-state index < -0.39 is 47.2 Å². The van der Waals surface area contributed by atoms with E-state index in [1.54, 1.807) is 6.07 Å². The fourth-order valence-electron chi connectivity index (χ4n) is 3.13. The summed E-state index contributed by atoms with van der Waals surface area (Å²) in [7, 11) is 0. The molecule has 28 heavy (non-hydrogen) atoms. The molecule has 0 radical (unpaired) electrons. The summed E-state index contributed by atoms with van der Waals surface area (Å²) >= 11 is 0. The van der Waals surface area contributed by atoms with Crippen molar-refractivity contribution in [1.82, 2.24) is 10.6 Å². The highest BCUT2D eigenvalue weighted by atomic mass is 19.4. The summed E-state index contributed by atoms with van der Waals surface area (Å²) in [5.74, 6) is -4.49. The topological polar surface area (TPSA) is 119 Å². The Morgan fingerprint density at radius 1 is 1.04 bits per heavy atom. The number of carbonyl (C=O) groups excluding carboxylic acids is 2. The molecule has 1 saturated heterocycles. The molecule has 148 valence electrons. The molecule has 2 aromatic rings. The van der Waals surface area contributed by atoms with Crippen LogP contribution in [0, 0.1) is 5.92 Å². The number of Topliss-reactive ketones (excluding diaryl/α,β-unsaturated/α-hetero) is 1. The minimum absolute atomic E-state index is 0.109. The lowest BCUT2D eigenvalue weighted by Crippen LogP contribution is -2.72. The molecule has 2 aromatic carbocycles. The quantitative estimate of drug-likeness (QED) is 0.403. The first-order valence-corrected chi connectivity index (χ1v) is 8.03. The normalized spacial score (nSPS) is 24.9. The number of benzene rings is 2. The molecule has 3 rings (SSSR count). The first-order chi connectivity index (χ1) is 13.0. The van der Waals surface area contributed by atoms with E-state index in [2.05, 4.69) is 5.32 Å². The van der Waals surface area contributed by atoms with Crippen LogP contribution in [0.4, 0.5) is 18.0 Å². The van der Waals surface area contributed by atoms with E-state index in [1.165, 1.54) is 29.6 Å². The number of hydrogen-bond acceptors (Lipinski definition) is 5. The molecule has 1 aliphatic heterocycles. The number of ketones is 1. The molecule has 3 atom stereocenters. The van der Waals surface area contributed by atoms with Gasteiger partial charge in [-0.15, -0.1) is 0 Å². The van der Waals surface area contributed by atoms with Gasteiger partial charge in [0, 0.05) is 5.56 Å². The predicted molar refractivity (Wildman–Crippen MR) is 89.4 cm³/mol. The van der Waals surface area contributed by atoms with Crippen molar-refractivity contribution in [3.63, 3.8) is 0 Å². The van der Waals surface area contributed by atoms with Gasteiger partial charge in [0.25, 0.3) is 0 Å². The van der Waals surface area contributed by atoms with Crippen molar-refractivity contribution in [2.45, 2.75) is 17.9 Å². The Morgan fingerprint density at radius 3 is 2.25 bits per heavy atom. The number of alkyl halides is 3. The van der Waals surface area contributed by atoms with Gasteiger partial charge in [-0.1, -0.05) is 36.4 Å². The number of phenols is 2. The first kappa shape index (κ1) is 19.5. The van der Waals surface area contributed by atoms with Crippen molar-refractivity contribution in [3.05, 3.63) is 59.7 Å². The van der Waals surface area contributed by atoms with Gasteiger partial charge in [0.2, 0.25) is 5.72 Å². The zero-order valence-electron chi connectivity index (χ0n) is 14.1. The summed E-state index contributed by atoms with van der Waals surface area (Å²) in [6.45, 7) is 0. The van der Waals surface area contributed by atoms with Gasteiger partial charge in [0.1, 0.15) is 5.92 Å². The zero-order chi connectivity index (χ0) is 20.7. The highest BCUT2D eigenvalue weighted by molar-refractivity contribution is 6.00. The maximum absolute atomic E-state index is 13.7. The van der Waals surface area contributed by atoms with Crippen LogP contribution in [0.1, 0.15) is 22.0 Å². The molecular weight excluding hydrogens is 381 g/mol. The second-order valence-electron chi connectivity index (χ2n) is 6.30. The van der Waals surface area contributed by atoms with Crippen LogP contribution in [0.5, 0.6) is 11.5 Å². The smallest absolute Gasteiger partial charge is 0.437 e. The van der Waals surface area contributed by atoms with Crippen LogP contribution >= 0.6 is 0 Å². The maximum Gasteiger partial charge on any atom is 0.437 e. The molecule has 7 nitrogen and oxygen atoms in total. The third kappa shape index (κ3) is 3.22. The molecule has 5 N–H and O–H groups in total. The number of rotatable bonds is 3. The summed E-state index contributed by atoms with van der Waals surface area (Å²) in [5.41, 5.74) is -4.08. The first-order valence-electron chi connectivity index (χ1n) is 8.03. The van der Waals surface area contributed by atoms with Gasteiger partial charge in [-0.3, -0.25) is 4.79 Å². The molecule has 0 aliphatic carbocycles. The molecule has 0 spiro atoms. The Morgan fingerprint density at radius 2 is 1.68 bits per heavy atom. The van der Waals surface area contributed by atoms with E-state index >= 15 is 0 Å². The Balaban J connectivity index is 2.18. The lowest BCUT2D eigenvalue weighted by molar-refractivity contribution is -0.287. The SMILES string of the molecule is O=C1NC(c2ccc(O)c(O)c2)C(C(=O)c2ccccc2)C(O)(C(F)(F)F)N1. The van der Waals surface area contributed by atoms with Crippen molar-refractivity contribution in [1.29, 1.82) is 0 Å². The molecule has 0 aromatic heterocycles. The van der Waals surface area contributed by atoms with Gasteiger partial charge in [0.15, 0.2) is 17.3 Å². The Labute approximate surface area is 156 Å². The highest BCUT2D eigenvalue weighted by Crippen LogP contribution is 2.44. The van der Waals surface area contributed by atoms with Gasteiger partial charge in [0.05, 0.1) is 6.04 Å². The predicted octanol–water partition coefficient (Wildman–Crippen LogP) is 2.20. The number of phenolic OH excluding ortho intramolecular Hbond substituents is 2. The summed E-state index contributed by atoms with van der Waals surface area (Å²) in [4.78, 5) is 24.8. The van der Waals surface area contributed by atoms with Crippen LogP contribution in [0.25, 0.3) is 0 Å². The molecule has 1 fully saturated rings. The number of aromatic hydroxyl groups is 2. The summed E-state index contributed by atoms with van der Waals surface area (Å²) in [6.07, 6.45) is -5.38. The van der Waals surface area contributed by atoms with E-state index in [9.17, 15) is 38.1 Å². The van der Waals surface area contributed by atoms with Crippen molar-refractivity contribution in [3.8, 4) is 11.5 Å². The van der Waals surface area contributed by atoms with E-state index in [0.29, 0.717) is 0 Å². The minimum atomic E-state index is -5.38. The molecule has 1 aliphatic rings. The molecule has 3 unspecified atom stereocenters.